The van der Waals surface area contributed by atoms with Crippen LogP contribution in [0.3, 0.4) is 0 Å². The number of rotatable bonds is 3. The summed E-state index contributed by atoms with van der Waals surface area (Å²) < 4.78 is 8.46. The summed E-state index contributed by atoms with van der Waals surface area (Å²) in [5.74, 6) is 0. The Bertz CT molecular complexity index is 1130. The zero-order valence-corrected chi connectivity index (χ0v) is 14.7. The smallest absolute Gasteiger partial charge is 0.286 e. The highest BCUT2D eigenvalue weighted by Gasteiger charge is 2.18. The van der Waals surface area contributed by atoms with Crippen molar-refractivity contribution in [2.45, 2.75) is 6.54 Å². The molecule has 1 aliphatic rings. The number of fused-ring (bicyclic) bond motifs is 2. The molecule has 0 saturated carbocycles. The fourth-order valence-corrected chi connectivity index (χ4v) is 4.03. The van der Waals surface area contributed by atoms with Gasteiger partial charge in [0.05, 0.1) is 31.6 Å². The second kappa shape index (κ2) is 6.27. The maximum atomic E-state index is 12.8. The van der Waals surface area contributed by atoms with Crippen LogP contribution in [-0.2, 0) is 11.3 Å². The largest absolute Gasteiger partial charge is 0.379 e. The summed E-state index contributed by atoms with van der Waals surface area (Å²) in [7, 11) is 0. The van der Waals surface area contributed by atoms with Crippen LogP contribution in [0.25, 0.3) is 21.7 Å². The summed E-state index contributed by atoms with van der Waals surface area (Å²) in [6.45, 7) is 3.93. The molecule has 0 atom stereocenters. The maximum absolute atomic E-state index is 12.8. The van der Waals surface area contributed by atoms with E-state index >= 15 is 0 Å². The van der Waals surface area contributed by atoms with Crippen molar-refractivity contribution in [3.8, 4) is 5.69 Å². The molecule has 9 heteroatoms. The van der Waals surface area contributed by atoms with Crippen LogP contribution in [0.5, 0.6) is 0 Å². The lowest BCUT2D eigenvalue weighted by molar-refractivity contribution is 0.0340. The van der Waals surface area contributed by atoms with E-state index < -0.39 is 0 Å². The molecule has 1 saturated heterocycles. The molecular weight excluding hydrogens is 352 g/mol. The van der Waals surface area contributed by atoms with Gasteiger partial charge in [0, 0.05) is 13.1 Å². The van der Waals surface area contributed by atoms with E-state index in [2.05, 4.69) is 20.1 Å². The third-order valence-electron chi connectivity index (χ3n) is 4.43. The van der Waals surface area contributed by atoms with Gasteiger partial charge in [-0.25, -0.2) is 4.68 Å². The summed E-state index contributed by atoms with van der Waals surface area (Å²) in [6.07, 6.45) is 1.56. The molecule has 4 aromatic rings. The van der Waals surface area contributed by atoms with Crippen LogP contribution >= 0.6 is 11.3 Å². The Balaban J connectivity index is 1.60. The van der Waals surface area contributed by atoms with Crippen molar-refractivity contribution in [2.24, 2.45) is 0 Å². The number of morpholine rings is 1. The van der Waals surface area contributed by atoms with Crippen molar-refractivity contribution in [2.75, 3.05) is 26.3 Å². The highest BCUT2D eigenvalue weighted by atomic mass is 32.1. The van der Waals surface area contributed by atoms with Crippen LogP contribution in [-0.4, -0.2) is 55.6 Å². The summed E-state index contributed by atoms with van der Waals surface area (Å²) in [5, 5.41) is 10.2. The first-order chi connectivity index (χ1) is 12.8. The number of aromatic nitrogens is 5. The number of hydrogen-bond donors (Lipinski definition) is 0. The Morgan fingerprint density at radius 3 is 2.77 bits per heavy atom. The average molecular weight is 368 g/mol. The molecule has 1 fully saturated rings. The number of benzene rings is 1. The van der Waals surface area contributed by atoms with Crippen molar-refractivity contribution in [3.63, 3.8) is 0 Å². The van der Waals surface area contributed by atoms with Crippen LogP contribution < -0.4 is 5.56 Å². The maximum Gasteiger partial charge on any atom is 0.286 e. The van der Waals surface area contributed by atoms with Crippen LogP contribution in [0.2, 0.25) is 0 Å². The van der Waals surface area contributed by atoms with Crippen LogP contribution in [0.15, 0.2) is 41.3 Å². The molecule has 0 amide bonds. The molecule has 0 spiro atoms. The average Bonchev–Trinajstić information content (AvgIpc) is 3.28. The normalized spacial score (nSPS) is 15.8. The summed E-state index contributed by atoms with van der Waals surface area (Å²) in [4.78, 5) is 20.3. The van der Waals surface area contributed by atoms with E-state index in [0.717, 1.165) is 37.0 Å². The lowest BCUT2D eigenvalue weighted by Gasteiger charge is -2.25. The monoisotopic (exact) mass is 368 g/mol. The molecule has 1 aliphatic heterocycles. The zero-order chi connectivity index (χ0) is 17.5. The van der Waals surface area contributed by atoms with Gasteiger partial charge in [-0.2, -0.15) is 19.7 Å². The fraction of sp³-hybridized carbons (Fsp3) is 0.294. The van der Waals surface area contributed by atoms with Crippen LogP contribution in [0.1, 0.15) is 5.01 Å². The van der Waals surface area contributed by atoms with E-state index in [1.807, 2.05) is 30.3 Å². The molecule has 1 aromatic carbocycles. The number of para-hydroxylation sites is 1. The van der Waals surface area contributed by atoms with E-state index in [0.29, 0.717) is 22.5 Å². The molecule has 0 radical (unpaired) electrons. The Hall–Kier alpha value is -2.62. The third kappa shape index (κ3) is 2.61. The molecule has 5 rings (SSSR count). The van der Waals surface area contributed by atoms with Gasteiger partial charge in [0.1, 0.15) is 10.4 Å². The minimum absolute atomic E-state index is 0.184. The lowest BCUT2D eigenvalue weighted by Crippen LogP contribution is -2.35. The Morgan fingerprint density at radius 2 is 1.96 bits per heavy atom. The first-order valence-electron chi connectivity index (χ1n) is 8.41. The molecule has 4 heterocycles. The van der Waals surface area contributed by atoms with Crippen LogP contribution in [0, 0.1) is 0 Å². The quantitative estimate of drug-likeness (QED) is 0.543. The van der Waals surface area contributed by atoms with Crippen molar-refractivity contribution in [3.05, 3.63) is 51.9 Å². The minimum Gasteiger partial charge on any atom is -0.379 e. The minimum atomic E-state index is -0.184. The fourth-order valence-electron chi connectivity index (χ4n) is 3.10. The van der Waals surface area contributed by atoms with Gasteiger partial charge in [-0.15, -0.1) is 0 Å². The van der Waals surface area contributed by atoms with Gasteiger partial charge >= 0.3 is 0 Å². The molecular formula is C17H16N6O2S. The molecule has 0 aliphatic carbocycles. The first kappa shape index (κ1) is 15.6. The SMILES string of the molecule is O=c1c2cnn(-c3ccccc3)c2nc2sc(CN3CCOCC3)nn12. The van der Waals surface area contributed by atoms with Crippen molar-refractivity contribution < 1.29 is 4.74 Å². The van der Waals surface area contributed by atoms with E-state index in [-0.39, 0.29) is 5.56 Å². The van der Waals surface area contributed by atoms with Crippen molar-refractivity contribution >= 4 is 27.3 Å². The zero-order valence-electron chi connectivity index (χ0n) is 13.9. The Morgan fingerprint density at radius 1 is 1.15 bits per heavy atom. The van der Waals surface area contributed by atoms with Gasteiger partial charge in [0.2, 0.25) is 4.96 Å². The molecule has 132 valence electrons. The van der Waals surface area contributed by atoms with Crippen molar-refractivity contribution in [1.82, 2.24) is 29.3 Å². The van der Waals surface area contributed by atoms with E-state index in [1.54, 1.807) is 10.9 Å². The predicted molar refractivity (Wildman–Crippen MR) is 97.9 cm³/mol. The van der Waals surface area contributed by atoms with Gasteiger partial charge in [0.15, 0.2) is 5.65 Å². The highest BCUT2D eigenvalue weighted by Crippen LogP contribution is 2.19. The summed E-state index contributed by atoms with van der Waals surface area (Å²) in [5.41, 5.74) is 1.25. The first-order valence-corrected chi connectivity index (χ1v) is 9.23. The molecule has 26 heavy (non-hydrogen) atoms. The van der Waals surface area contributed by atoms with E-state index in [4.69, 9.17) is 4.74 Å². The number of ether oxygens (including phenoxy) is 1. The van der Waals surface area contributed by atoms with Crippen LogP contribution in [0.4, 0.5) is 0 Å². The second-order valence-electron chi connectivity index (χ2n) is 6.12. The molecule has 8 nitrogen and oxygen atoms in total. The summed E-state index contributed by atoms with van der Waals surface area (Å²) >= 11 is 1.44. The van der Waals surface area contributed by atoms with Gasteiger partial charge in [-0.1, -0.05) is 29.5 Å². The third-order valence-corrected chi connectivity index (χ3v) is 5.33. The standard InChI is InChI=1S/C17H16N6O2S/c24-16-13-10-18-22(12-4-2-1-3-5-12)15(13)19-17-23(16)20-14(26-17)11-21-6-8-25-9-7-21/h1-5,10H,6-9,11H2. The van der Waals surface area contributed by atoms with Gasteiger partial charge in [-0.3, -0.25) is 9.69 Å². The topological polar surface area (TPSA) is 77.5 Å². The molecule has 0 N–H and O–H groups in total. The Labute approximate surface area is 152 Å². The lowest BCUT2D eigenvalue weighted by atomic mass is 10.3. The van der Waals surface area contributed by atoms with Crippen molar-refractivity contribution in [1.29, 1.82) is 0 Å². The number of nitrogens with zero attached hydrogens (tertiary/aromatic N) is 6. The van der Waals surface area contributed by atoms with Gasteiger partial charge in [-0.05, 0) is 12.1 Å². The molecule has 0 bridgehead atoms. The van der Waals surface area contributed by atoms with E-state index in [1.165, 1.54) is 15.9 Å². The predicted octanol–water partition coefficient (Wildman–Crippen LogP) is 1.32. The highest BCUT2D eigenvalue weighted by molar-refractivity contribution is 7.16. The molecule has 3 aromatic heterocycles. The number of hydrogen-bond acceptors (Lipinski definition) is 7. The molecule has 0 unspecified atom stereocenters. The van der Waals surface area contributed by atoms with Gasteiger partial charge < -0.3 is 4.74 Å². The van der Waals surface area contributed by atoms with E-state index in [9.17, 15) is 4.79 Å². The van der Waals surface area contributed by atoms with Gasteiger partial charge in [0.25, 0.3) is 5.56 Å². The Kier molecular flexibility index (Phi) is 3.77. The second-order valence-corrected chi connectivity index (χ2v) is 7.17. The summed E-state index contributed by atoms with van der Waals surface area (Å²) in [6, 6.07) is 9.68.